The summed E-state index contributed by atoms with van der Waals surface area (Å²) >= 11 is 0. The first kappa shape index (κ1) is 40.0. The van der Waals surface area contributed by atoms with Gasteiger partial charge in [-0.05, 0) is 205 Å². The fourth-order valence-corrected chi connectivity index (χ4v) is 12.3. The fraction of sp³-hybridized carbons (Fsp3) is 0.267. The molecule has 0 radical (unpaired) electrons. The van der Waals surface area contributed by atoms with Crippen LogP contribution in [0.15, 0.2) is 176 Å². The monoisotopic (exact) mass is 808 g/mol. The topological polar surface area (TPSA) is 6.48 Å². The van der Waals surface area contributed by atoms with E-state index in [1.54, 1.807) is 11.1 Å². The van der Waals surface area contributed by atoms with Gasteiger partial charge in [-0.1, -0.05) is 123 Å². The normalized spacial score (nSPS) is 21.1. The molecule has 11 rings (SSSR count). The van der Waals surface area contributed by atoms with Gasteiger partial charge >= 0.3 is 0 Å². The smallest absolute Gasteiger partial charge is 0.0464 e. The van der Waals surface area contributed by atoms with Gasteiger partial charge in [-0.15, -0.1) is 0 Å². The molecule has 0 spiro atoms. The Morgan fingerprint density at radius 2 is 0.935 bits per heavy atom. The van der Waals surface area contributed by atoms with Gasteiger partial charge in [0.15, 0.2) is 0 Å². The number of benzene rings is 7. The third-order valence-electron chi connectivity index (χ3n) is 14.8. The van der Waals surface area contributed by atoms with Crippen LogP contribution in [0.4, 0.5) is 34.1 Å². The van der Waals surface area contributed by atoms with E-state index >= 15 is 0 Å². The van der Waals surface area contributed by atoms with Crippen LogP contribution >= 0.6 is 0 Å². The van der Waals surface area contributed by atoms with Crippen LogP contribution in [0.5, 0.6) is 0 Å². The van der Waals surface area contributed by atoms with E-state index in [1.165, 1.54) is 102 Å². The highest BCUT2D eigenvalue weighted by Crippen LogP contribution is 2.66. The summed E-state index contributed by atoms with van der Waals surface area (Å²) in [6, 6.07) is 63.9. The maximum Gasteiger partial charge on any atom is 0.0464 e. The lowest BCUT2D eigenvalue weighted by molar-refractivity contribution is -0.0281. The average molecular weight is 809 g/mol. The Labute approximate surface area is 370 Å². The van der Waals surface area contributed by atoms with Crippen LogP contribution < -0.4 is 9.80 Å². The minimum Gasteiger partial charge on any atom is -0.310 e. The van der Waals surface area contributed by atoms with Crippen LogP contribution in [0, 0.1) is 25.7 Å². The predicted molar refractivity (Wildman–Crippen MR) is 264 cm³/mol. The molecule has 2 atom stereocenters. The summed E-state index contributed by atoms with van der Waals surface area (Å²) in [5, 5.41) is 0. The molecule has 4 aliphatic carbocycles. The lowest BCUT2D eigenvalue weighted by Gasteiger charge is -2.63. The van der Waals surface area contributed by atoms with Crippen molar-refractivity contribution in [2.75, 3.05) is 9.80 Å². The molecule has 0 aliphatic heterocycles. The van der Waals surface area contributed by atoms with E-state index in [1.807, 2.05) is 6.08 Å². The van der Waals surface area contributed by atoms with Crippen molar-refractivity contribution >= 4 is 40.2 Å². The Bertz CT molecular complexity index is 2610. The molecule has 0 heterocycles. The highest BCUT2D eigenvalue weighted by Gasteiger charge is 2.58. The lowest BCUT2D eigenvalue weighted by atomic mass is 9.42. The summed E-state index contributed by atoms with van der Waals surface area (Å²) in [6.07, 6.45) is 13.5. The van der Waals surface area contributed by atoms with Gasteiger partial charge in [0.05, 0.1) is 0 Å². The average Bonchev–Trinajstić information content (AvgIpc) is 3.30. The van der Waals surface area contributed by atoms with E-state index in [9.17, 15) is 0 Å². The summed E-state index contributed by atoms with van der Waals surface area (Å²) < 4.78 is 0. The largest absolute Gasteiger partial charge is 0.310 e. The van der Waals surface area contributed by atoms with Gasteiger partial charge in [0.25, 0.3) is 0 Å². The zero-order valence-corrected chi connectivity index (χ0v) is 36.9. The first-order valence-corrected chi connectivity index (χ1v) is 23.2. The minimum atomic E-state index is 0.246. The van der Waals surface area contributed by atoms with Crippen LogP contribution in [-0.4, -0.2) is 0 Å². The zero-order chi connectivity index (χ0) is 42.3. The summed E-state index contributed by atoms with van der Waals surface area (Å²) in [6.45, 7) is 10.8. The Morgan fingerprint density at radius 1 is 0.516 bits per heavy atom. The molecule has 0 saturated heterocycles. The molecule has 2 unspecified atom stereocenters. The molecule has 7 aromatic rings. The maximum absolute atomic E-state index is 4.02. The Morgan fingerprint density at radius 3 is 1.37 bits per heavy atom. The number of anilines is 6. The van der Waals surface area contributed by atoms with E-state index in [2.05, 4.69) is 207 Å². The second-order valence-electron chi connectivity index (χ2n) is 19.0. The molecule has 4 bridgehead atoms. The number of aryl methyl sites for hydroxylation is 3. The highest BCUT2D eigenvalue weighted by molar-refractivity contribution is 5.83. The molecule has 0 aromatic heterocycles. The molecule has 0 amide bonds. The van der Waals surface area contributed by atoms with Crippen molar-refractivity contribution in [2.45, 2.75) is 89.4 Å². The van der Waals surface area contributed by atoms with Crippen molar-refractivity contribution in [3.8, 4) is 11.1 Å². The SMILES string of the molecule is C=Cc1ccc(C23CC4CC(C2)CC(c2ccc(N(c5ccc(CCCC)cc5)c5ccc(-c6ccc(N(c7ccccc7)c7ccccc7)cc6C)c(C)c5)cc2)(C4)C3)cc1. The van der Waals surface area contributed by atoms with Gasteiger partial charge in [0, 0.05) is 34.1 Å². The van der Waals surface area contributed by atoms with Crippen LogP contribution in [0.2, 0.25) is 0 Å². The number of hydrogen-bond acceptors (Lipinski definition) is 2. The second kappa shape index (κ2) is 16.6. The third kappa shape index (κ3) is 7.48. The minimum absolute atomic E-state index is 0.246. The van der Waals surface area contributed by atoms with Crippen molar-refractivity contribution in [1.29, 1.82) is 0 Å². The molecular formula is C60H60N2. The van der Waals surface area contributed by atoms with Gasteiger partial charge in [0.1, 0.15) is 0 Å². The number of nitrogens with zero attached hydrogens (tertiary/aromatic N) is 2. The number of rotatable bonds is 13. The summed E-state index contributed by atoms with van der Waals surface area (Å²) in [7, 11) is 0. The molecular weight excluding hydrogens is 749 g/mol. The van der Waals surface area contributed by atoms with Gasteiger partial charge in [0.2, 0.25) is 0 Å². The van der Waals surface area contributed by atoms with E-state index in [-0.39, 0.29) is 10.8 Å². The summed E-state index contributed by atoms with van der Waals surface area (Å²) in [5.74, 6) is 1.62. The molecule has 4 aliphatic rings. The lowest BCUT2D eigenvalue weighted by Crippen LogP contribution is -2.55. The van der Waals surface area contributed by atoms with Crippen molar-refractivity contribution < 1.29 is 0 Å². The van der Waals surface area contributed by atoms with E-state index in [0.717, 1.165) is 35.3 Å². The van der Waals surface area contributed by atoms with Crippen molar-refractivity contribution in [2.24, 2.45) is 11.8 Å². The van der Waals surface area contributed by atoms with Crippen LogP contribution in [0.25, 0.3) is 17.2 Å². The zero-order valence-electron chi connectivity index (χ0n) is 36.9. The van der Waals surface area contributed by atoms with Crippen molar-refractivity contribution in [3.63, 3.8) is 0 Å². The summed E-state index contributed by atoms with van der Waals surface area (Å²) in [4.78, 5) is 4.81. The van der Waals surface area contributed by atoms with Gasteiger partial charge in [-0.25, -0.2) is 0 Å². The van der Waals surface area contributed by atoms with Crippen LogP contribution in [0.3, 0.4) is 0 Å². The highest BCUT2D eigenvalue weighted by atomic mass is 15.1. The Hall–Kier alpha value is -6.12. The first-order chi connectivity index (χ1) is 30.3. The van der Waals surface area contributed by atoms with E-state index < -0.39 is 0 Å². The summed E-state index contributed by atoms with van der Waals surface area (Å²) in [5.41, 5.74) is 18.3. The van der Waals surface area contributed by atoms with Crippen LogP contribution in [-0.2, 0) is 17.3 Å². The number of unbranched alkanes of at least 4 members (excludes halogenated alkanes) is 1. The molecule has 0 N–H and O–H groups in total. The van der Waals surface area contributed by atoms with Crippen LogP contribution in [0.1, 0.15) is 91.7 Å². The number of para-hydroxylation sites is 2. The van der Waals surface area contributed by atoms with Crippen molar-refractivity contribution in [3.05, 3.63) is 210 Å². The quantitative estimate of drug-likeness (QED) is 0.114. The third-order valence-corrected chi connectivity index (χ3v) is 14.8. The molecule has 4 saturated carbocycles. The molecule has 2 heteroatoms. The first-order valence-electron chi connectivity index (χ1n) is 23.2. The van der Waals surface area contributed by atoms with Gasteiger partial charge in [-0.3, -0.25) is 0 Å². The molecule has 2 nitrogen and oxygen atoms in total. The molecule has 4 fully saturated rings. The van der Waals surface area contributed by atoms with Crippen molar-refractivity contribution in [1.82, 2.24) is 0 Å². The van der Waals surface area contributed by atoms with Gasteiger partial charge < -0.3 is 9.80 Å². The Kier molecular flexibility index (Phi) is 10.7. The predicted octanol–water partition coefficient (Wildman–Crippen LogP) is 16.7. The van der Waals surface area contributed by atoms with E-state index in [4.69, 9.17) is 0 Å². The maximum atomic E-state index is 4.02. The van der Waals surface area contributed by atoms with E-state index in [0.29, 0.717) is 0 Å². The fourth-order valence-electron chi connectivity index (χ4n) is 12.3. The molecule has 310 valence electrons. The standard InChI is InChI=1S/C60H60N2/c1-5-7-14-46-21-27-53(28-22-46)62(54-29-25-50(26-30-54)60-40-47-37-48(41-60)39-59(38-47,42-60)49-23-19-45(6-2)20-24-49)56-32-34-58(44(4)36-56)57-33-31-55(35-43(57)3)61(51-15-10-8-11-16-51)52-17-12-9-13-18-52/h6,8-13,15-36,47-48H,2,5,7,14,37-42H2,1,3-4H3. The second-order valence-corrected chi connectivity index (χ2v) is 19.0. The number of hydrogen-bond donors (Lipinski definition) is 0. The van der Waals surface area contributed by atoms with Gasteiger partial charge in [-0.2, -0.15) is 0 Å². The molecule has 62 heavy (non-hydrogen) atoms. The Balaban J connectivity index is 0.980. The molecule has 7 aromatic carbocycles.